The Hall–Kier alpha value is -1.94. The Balaban J connectivity index is 1.73. The second-order valence-corrected chi connectivity index (χ2v) is 8.95. The van der Waals surface area contributed by atoms with Crippen molar-refractivity contribution in [3.05, 3.63) is 11.4 Å². The van der Waals surface area contributed by atoms with Crippen molar-refractivity contribution in [3.8, 4) is 0 Å². The van der Waals surface area contributed by atoms with E-state index in [0.29, 0.717) is 43.7 Å². The molecule has 9 nitrogen and oxygen atoms in total. The van der Waals surface area contributed by atoms with Crippen LogP contribution in [0.4, 0.5) is 0 Å². The van der Waals surface area contributed by atoms with E-state index in [1.54, 1.807) is 18.7 Å². The number of hydrogen-bond acceptors (Lipinski definition) is 5. The zero-order valence-electron chi connectivity index (χ0n) is 14.9. The number of carboxylic acid groups (broad SMARTS) is 1. The lowest BCUT2D eigenvalue weighted by Gasteiger charge is -2.33. The summed E-state index contributed by atoms with van der Waals surface area (Å²) < 4.78 is 27.3. The molecular formula is C16H24N4O5S. The van der Waals surface area contributed by atoms with Crippen LogP contribution in [-0.4, -0.2) is 71.0 Å². The molecule has 26 heavy (non-hydrogen) atoms. The van der Waals surface area contributed by atoms with Gasteiger partial charge in [-0.05, 0) is 33.1 Å². The van der Waals surface area contributed by atoms with Gasteiger partial charge in [0.25, 0.3) is 0 Å². The third-order valence-electron chi connectivity index (χ3n) is 5.24. The van der Waals surface area contributed by atoms with Crippen molar-refractivity contribution in [1.82, 2.24) is 19.4 Å². The minimum atomic E-state index is -3.72. The minimum absolute atomic E-state index is 0.124. The van der Waals surface area contributed by atoms with Gasteiger partial charge in [0.05, 0.1) is 23.2 Å². The number of carbonyl (C=O) groups is 2. The van der Waals surface area contributed by atoms with Crippen molar-refractivity contribution in [3.63, 3.8) is 0 Å². The largest absolute Gasteiger partial charge is 0.481 e. The van der Waals surface area contributed by atoms with E-state index in [2.05, 4.69) is 10.2 Å². The molecule has 2 aliphatic rings. The first-order chi connectivity index (χ1) is 12.2. The molecule has 144 valence electrons. The first kappa shape index (κ1) is 18.8. The van der Waals surface area contributed by atoms with Crippen LogP contribution in [0.3, 0.4) is 0 Å². The fourth-order valence-corrected chi connectivity index (χ4v) is 5.69. The Labute approximate surface area is 152 Å². The highest BCUT2D eigenvalue weighted by molar-refractivity contribution is 7.89. The summed E-state index contributed by atoms with van der Waals surface area (Å²) in [5.74, 6) is -1.99. The number of H-pyrrole nitrogens is 1. The number of rotatable bonds is 4. The number of hydrogen-bond donors (Lipinski definition) is 2. The van der Waals surface area contributed by atoms with Gasteiger partial charge in [0, 0.05) is 26.2 Å². The number of nitrogens with zero attached hydrogens (tertiary/aromatic N) is 3. The number of likely N-dealkylation sites (tertiary alicyclic amines) is 1. The number of aromatic amines is 1. The Morgan fingerprint density at radius 3 is 2.46 bits per heavy atom. The molecule has 2 saturated heterocycles. The molecule has 0 radical (unpaired) electrons. The molecule has 1 aromatic heterocycles. The van der Waals surface area contributed by atoms with E-state index in [4.69, 9.17) is 5.11 Å². The molecule has 2 N–H and O–H groups in total. The van der Waals surface area contributed by atoms with Gasteiger partial charge in [0.15, 0.2) is 0 Å². The van der Waals surface area contributed by atoms with Crippen molar-refractivity contribution in [2.75, 3.05) is 26.2 Å². The number of aryl methyl sites for hydroxylation is 2. The van der Waals surface area contributed by atoms with E-state index in [1.165, 1.54) is 4.31 Å². The smallest absolute Gasteiger partial charge is 0.308 e. The third kappa shape index (κ3) is 3.35. The SMILES string of the molecule is Cc1n[nH]c(C)c1S(=O)(=O)N1CCCC(C(=O)N2CCC(C(=O)O)C2)C1. The number of carbonyl (C=O) groups excluding carboxylic acids is 1. The lowest BCUT2D eigenvalue weighted by molar-refractivity contribution is -0.141. The molecule has 1 aromatic rings. The van der Waals surface area contributed by atoms with E-state index >= 15 is 0 Å². The summed E-state index contributed by atoms with van der Waals surface area (Å²) >= 11 is 0. The van der Waals surface area contributed by atoms with E-state index in [-0.39, 0.29) is 23.9 Å². The molecule has 0 aliphatic carbocycles. The highest BCUT2D eigenvalue weighted by Crippen LogP contribution is 2.29. The van der Waals surface area contributed by atoms with Crippen molar-refractivity contribution in [2.45, 2.75) is 38.0 Å². The monoisotopic (exact) mass is 384 g/mol. The molecule has 0 saturated carbocycles. The quantitative estimate of drug-likeness (QED) is 0.772. The lowest BCUT2D eigenvalue weighted by atomic mass is 9.98. The molecule has 0 aromatic carbocycles. The van der Waals surface area contributed by atoms with Gasteiger partial charge >= 0.3 is 5.97 Å². The van der Waals surface area contributed by atoms with Gasteiger partial charge in [-0.1, -0.05) is 0 Å². The topological polar surface area (TPSA) is 124 Å². The number of carboxylic acids is 1. The van der Waals surface area contributed by atoms with Crippen molar-refractivity contribution < 1.29 is 23.1 Å². The van der Waals surface area contributed by atoms with Crippen LogP contribution < -0.4 is 0 Å². The van der Waals surface area contributed by atoms with Crippen molar-refractivity contribution in [2.24, 2.45) is 11.8 Å². The summed E-state index contributed by atoms with van der Waals surface area (Å²) in [5, 5.41) is 15.7. The van der Waals surface area contributed by atoms with Gasteiger partial charge in [0.1, 0.15) is 4.90 Å². The van der Waals surface area contributed by atoms with Crippen molar-refractivity contribution >= 4 is 21.9 Å². The Morgan fingerprint density at radius 1 is 1.15 bits per heavy atom. The van der Waals surface area contributed by atoms with Crippen LogP contribution >= 0.6 is 0 Å². The zero-order chi connectivity index (χ0) is 19.1. The fourth-order valence-electron chi connectivity index (χ4n) is 3.83. The Kier molecular flexibility index (Phi) is 5.07. The molecule has 0 bridgehead atoms. The number of nitrogens with one attached hydrogen (secondary N) is 1. The molecule has 2 aliphatic heterocycles. The molecule has 3 heterocycles. The van der Waals surface area contributed by atoms with Crippen LogP contribution in [-0.2, 0) is 19.6 Å². The second kappa shape index (κ2) is 6.99. The lowest BCUT2D eigenvalue weighted by Crippen LogP contribution is -2.46. The third-order valence-corrected chi connectivity index (χ3v) is 7.37. The highest BCUT2D eigenvalue weighted by atomic mass is 32.2. The van der Waals surface area contributed by atoms with Crippen LogP contribution in [0.5, 0.6) is 0 Å². The molecule has 3 rings (SSSR count). The molecular weight excluding hydrogens is 360 g/mol. The zero-order valence-corrected chi connectivity index (χ0v) is 15.8. The summed E-state index contributed by atoms with van der Waals surface area (Å²) in [7, 11) is -3.72. The van der Waals surface area contributed by atoms with Gasteiger partial charge in [0.2, 0.25) is 15.9 Å². The molecule has 0 spiro atoms. The van der Waals surface area contributed by atoms with Gasteiger partial charge in [-0.2, -0.15) is 9.40 Å². The number of sulfonamides is 1. The molecule has 2 unspecified atom stereocenters. The first-order valence-electron chi connectivity index (χ1n) is 8.75. The second-order valence-electron chi connectivity index (χ2n) is 7.07. The summed E-state index contributed by atoms with van der Waals surface area (Å²) in [4.78, 5) is 25.6. The number of aromatic nitrogens is 2. The number of amides is 1. The maximum absolute atomic E-state index is 13.0. The van der Waals surface area contributed by atoms with E-state index in [1.807, 2.05) is 0 Å². The summed E-state index contributed by atoms with van der Waals surface area (Å²) in [5.41, 5.74) is 0.902. The standard InChI is InChI=1S/C16H24N4O5S/c1-10-14(11(2)18-17-10)26(24,25)20-6-3-4-12(9-20)15(21)19-7-5-13(8-19)16(22)23/h12-13H,3-9H2,1-2H3,(H,17,18)(H,22,23). The van der Waals surface area contributed by atoms with Gasteiger partial charge in [-0.15, -0.1) is 0 Å². The molecule has 10 heteroatoms. The highest BCUT2D eigenvalue weighted by Gasteiger charge is 2.39. The molecule has 2 atom stereocenters. The predicted molar refractivity (Wildman–Crippen MR) is 91.9 cm³/mol. The summed E-state index contributed by atoms with van der Waals surface area (Å²) in [6.07, 6.45) is 1.66. The van der Waals surface area contributed by atoms with Gasteiger partial charge < -0.3 is 10.0 Å². The Bertz CT molecular complexity index is 799. The summed E-state index contributed by atoms with van der Waals surface area (Å²) in [6.45, 7) is 4.42. The van der Waals surface area contributed by atoms with Gasteiger partial charge in [-0.3, -0.25) is 14.7 Å². The maximum Gasteiger partial charge on any atom is 0.308 e. The average molecular weight is 384 g/mol. The van der Waals surface area contributed by atoms with Crippen molar-refractivity contribution in [1.29, 1.82) is 0 Å². The van der Waals surface area contributed by atoms with E-state index in [9.17, 15) is 18.0 Å². The first-order valence-corrected chi connectivity index (χ1v) is 10.2. The Morgan fingerprint density at radius 2 is 1.88 bits per heavy atom. The van der Waals surface area contributed by atoms with E-state index in [0.717, 1.165) is 0 Å². The predicted octanol–water partition coefficient (Wildman–Crippen LogP) is 0.360. The number of aliphatic carboxylic acids is 1. The fraction of sp³-hybridized carbons (Fsp3) is 0.688. The molecule has 2 fully saturated rings. The van der Waals surface area contributed by atoms with Crippen LogP contribution in [0.15, 0.2) is 4.90 Å². The van der Waals surface area contributed by atoms with Crippen LogP contribution in [0, 0.1) is 25.7 Å². The van der Waals surface area contributed by atoms with Gasteiger partial charge in [-0.25, -0.2) is 8.42 Å². The van der Waals surface area contributed by atoms with Crippen LogP contribution in [0.25, 0.3) is 0 Å². The van der Waals surface area contributed by atoms with Crippen LogP contribution in [0.1, 0.15) is 30.7 Å². The average Bonchev–Trinajstić information content (AvgIpc) is 3.21. The maximum atomic E-state index is 13.0. The number of piperidine rings is 1. The van der Waals surface area contributed by atoms with Crippen LogP contribution in [0.2, 0.25) is 0 Å². The minimum Gasteiger partial charge on any atom is -0.481 e. The normalized spacial score (nSPS) is 24.8. The summed E-state index contributed by atoms with van der Waals surface area (Å²) in [6, 6.07) is 0. The van der Waals surface area contributed by atoms with E-state index < -0.39 is 27.8 Å². The molecule has 1 amide bonds.